The minimum absolute atomic E-state index is 0. The second kappa shape index (κ2) is 6.59. The van der Waals surface area contributed by atoms with Crippen LogP contribution < -0.4 is 22.3 Å². The molecule has 0 bridgehead atoms. The highest BCUT2D eigenvalue weighted by Crippen LogP contribution is 2.33. The Kier molecular flexibility index (Phi) is 5.07. The average molecular weight is 399 g/mol. The number of hydrogen-bond donors (Lipinski definition) is 1. The molecule has 0 aromatic heterocycles. The van der Waals surface area contributed by atoms with Crippen molar-refractivity contribution >= 4 is 44.9 Å². The molecule has 1 aliphatic rings. The van der Waals surface area contributed by atoms with E-state index in [1.54, 1.807) is 0 Å². The number of nitrogens with zero attached hydrogens (tertiary/aromatic N) is 1. The van der Waals surface area contributed by atoms with Crippen molar-refractivity contribution in [3.63, 3.8) is 0 Å². The first-order chi connectivity index (χ1) is 8.81. The zero-order chi connectivity index (χ0) is 12.4. The summed E-state index contributed by atoms with van der Waals surface area (Å²) in [6, 6.07) is 16.3. The molecule has 98 valence electrons. The highest BCUT2D eigenvalue weighted by molar-refractivity contribution is 9.10. The Labute approximate surface area is 135 Å². The molecule has 5 heteroatoms. The van der Waals surface area contributed by atoms with Crippen molar-refractivity contribution in [1.29, 1.82) is 0 Å². The third-order valence-electron chi connectivity index (χ3n) is 2.62. The van der Waals surface area contributed by atoms with Gasteiger partial charge in [0.1, 0.15) is 5.84 Å². The van der Waals surface area contributed by atoms with Gasteiger partial charge in [0.2, 0.25) is 0 Å². The molecule has 0 amide bonds. The summed E-state index contributed by atoms with van der Waals surface area (Å²) in [5.74, 6) is 1.88. The standard InChI is InChI=1S/C14H11BrN2S.BrH/c15-10-5-7-11(8-6-10)16-14-9-18-13-4-2-1-3-12(13)17-14;/h1-8H,9H2,(H,16,17);1H/p-1. The smallest absolute Gasteiger partial charge is 0.117 e. The largest absolute Gasteiger partial charge is 1.00 e. The zero-order valence-corrected chi connectivity index (χ0v) is 13.9. The minimum atomic E-state index is 0. The van der Waals surface area contributed by atoms with Crippen LogP contribution in [0.3, 0.4) is 0 Å². The molecule has 1 heterocycles. The fraction of sp³-hybridized carbons (Fsp3) is 0.0714. The Bertz CT molecular complexity index is 597. The Morgan fingerprint density at radius 1 is 1.05 bits per heavy atom. The van der Waals surface area contributed by atoms with Crippen LogP contribution in [0.2, 0.25) is 0 Å². The van der Waals surface area contributed by atoms with E-state index in [4.69, 9.17) is 0 Å². The summed E-state index contributed by atoms with van der Waals surface area (Å²) < 4.78 is 1.08. The molecule has 1 aliphatic heterocycles. The number of para-hydroxylation sites is 1. The van der Waals surface area contributed by atoms with E-state index in [0.29, 0.717) is 0 Å². The van der Waals surface area contributed by atoms with Crippen LogP contribution in [0.25, 0.3) is 0 Å². The van der Waals surface area contributed by atoms with Crippen LogP contribution in [-0.4, -0.2) is 11.6 Å². The number of halogens is 2. The highest BCUT2D eigenvalue weighted by atomic mass is 79.9. The minimum Gasteiger partial charge on any atom is -1.00 e. The molecule has 19 heavy (non-hydrogen) atoms. The Morgan fingerprint density at radius 2 is 1.79 bits per heavy atom. The monoisotopic (exact) mass is 397 g/mol. The van der Waals surface area contributed by atoms with Gasteiger partial charge in [-0.2, -0.15) is 0 Å². The number of aliphatic imine (C=N–C) groups is 1. The fourth-order valence-electron chi connectivity index (χ4n) is 1.76. The second-order valence-corrected chi connectivity index (χ2v) is 5.88. The first-order valence-corrected chi connectivity index (χ1v) is 7.41. The van der Waals surface area contributed by atoms with Crippen LogP contribution in [0.4, 0.5) is 11.4 Å². The molecule has 2 nitrogen and oxygen atoms in total. The molecule has 0 fully saturated rings. The lowest BCUT2D eigenvalue weighted by molar-refractivity contribution is -0.00000345. The molecule has 3 rings (SSSR count). The normalized spacial score (nSPS) is 13.0. The Hall–Kier alpha value is -0.780. The number of thioether (sulfide) groups is 1. The quantitative estimate of drug-likeness (QED) is 0.790. The molecule has 0 saturated heterocycles. The number of anilines is 1. The average Bonchev–Trinajstić information content (AvgIpc) is 2.41. The summed E-state index contributed by atoms with van der Waals surface area (Å²) in [5.41, 5.74) is 2.12. The third kappa shape index (κ3) is 3.61. The van der Waals surface area contributed by atoms with Crippen LogP contribution in [0.5, 0.6) is 0 Å². The summed E-state index contributed by atoms with van der Waals surface area (Å²) in [4.78, 5) is 5.89. The van der Waals surface area contributed by atoms with Gasteiger partial charge in [0, 0.05) is 15.1 Å². The first kappa shape index (κ1) is 14.6. The summed E-state index contributed by atoms with van der Waals surface area (Å²) in [6.07, 6.45) is 0. The van der Waals surface area contributed by atoms with Crippen LogP contribution in [0, 0.1) is 0 Å². The second-order valence-electron chi connectivity index (χ2n) is 3.95. The van der Waals surface area contributed by atoms with Crippen molar-refractivity contribution in [3.8, 4) is 0 Å². The molecule has 1 N–H and O–H groups in total. The molecule has 0 aliphatic carbocycles. The lowest BCUT2D eigenvalue weighted by Crippen LogP contribution is -3.00. The maximum Gasteiger partial charge on any atom is 0.117 e. The fourth-order valence-corrected chi connectivity index (χ4v) is 2.89. The van der Waals surface area contributed by atoms with Crippen molar-refractivity contribution in [2.45, 2.75) is 4.90 Å². The Balaban J connectivity index is 0.00000133. The maximum atomic E-state index is 4.64. The van der Waals surface area contributed by atoms with Gasteiger partial charge < -0.3 is 22.3 Å². The van der Waals surface area contributed by atoms with Crippen LogP contribution in [-0.2, 0) is 0 Å². The van der Waals surface area contributed by atoms with Gasteiger partial charge in [0.05, 0.1) is 11.4 Å². The highest BCUT2D eigenvalue weighted by Gasteiger charge is 2.11. The molecule has 0 atom stereocenters. The SMILES string of the molecule is Brc1ccc(NC2=Nc3ccccc3SC2)cc1.[Br-]. The topological polar surface area (TPSA) is 24.4 Å². The predicted octanol–water partition coefficient (Wildman–Crippen LogP) is 1.70. The van der Waals surface area contributed by atoms with Crippen molar-refractivity contribution in [2.24, 2.45) is 4.99 Å². The molecule has 2 aromatic carbocycles. The van der Waals surface area contributed by atoms with E-state index in [2.05, 4.69) is 38.4 Å². The molecule has 0 saturated carbocycles. The van der Waals surface area contributed by atoms with Gasteiger partial charge >= 0.3 is 0 Å². The molecule has 0 radical (unpaired) electrons. The molecule has 0 spiro atoms. The van der Waals surface area contributed by atoms with Gasteiger partial charge in [0.15, 0.2) is 0 Å². The number of amidine groups is 1. The van der Waals surface area contributed by atoms with Crippen LogP contribution in [0.1, 0.15) is 0 Å². The van der Waals surface area contributed by atoms with E-state index in [-0.39, 0.29) is 17.0 Å². The molecular formula is C14H11Br2N2S-. The van der Waals surface area contributed by atoms with Crippen molar-refractivity contribution in [2.75, 3.05) is 11.1 Å². The van der Waals surface area contributed by atoms with E-state index in [1.165, 1.54) is 4.90 Å². The van der Waals surface area contributed by atoms with Crippen LogP contribution >= 0.6 is 27.7 Å². The van der Waals surface area contributed by atoms with E-state index < -0.39 is 0 Å². The van der Waals surface area contributed by atoms with Crippen molar-refractivity contribution < 1.29 is 17.0 Å². The van der Waals surface area contributed by atoms with Gasteiger partial charge in [-0.15, -0.1) is 11.8 Å². The predicted molar refractivity (Wildman–Crippen MR) is 82.0 cm³/mol. The van der Waals surface area contributed by atoms with E-state index in [0.717, 1.165) is 27.4 Å². The van der Waals surface area contributed by atoms with E-state index in [1.807, 2.05) is 48.2 Å². The summed E-state index contributed by atoms with van der Waals surface area (Å²) in [5, 5.41) is 3.36. The third-order valence-corrected chi connectivity index (χ3v) is 4.22. The van der Waals surface area contributed by atoms with Gasteiger partial charge in [0.25, 0.3) is 0 Å². The lowest BCUT2D eigenvalue weighted by atomic mass is 10.3. The summed E-state index contributed by atoms with van der Waals surface area (Å²) in [7, 11) is 0. The lowest BCUT2D eigenvalue weighted by Gasteiger charge is -2.16. The van der Waals surface area contributed by atoms with Crippen molar-refractivity contribution in [3.05, 3.63) is 53.0 Å². The molecular weight excluding hydrogens is 388 g/mol. The number of rotatable bonds is 1. The summed E-state index contributed by atoms with van der Waals surface area (Å²) >= 11 is 5.25. The molecule has 0 unspecified atom stereocenters. The summed E-state index contributed by atoms with van der Waals surface area (Å²) in [6.45, 7) is 0. The first-order valence-electron chi connectivity index (χ1n) is 5.63. The maximum absolute atomic E-state index is 4.64. The number of nitrogens with one attached hydrogen (secondary N) is 1. The van der Waals surface area contributed by atoms with Gasteiger partial charge in [-0.1, -0.05) is 28.1 Å². The number of fused-ring (bicyclic) bond motifs is 1. The van der Waals surface area contributed by atoms with Crippen LogP contribution in [0.15, 0.2) is 62.9 Å². The van der Waals surface area contributed by atoms with Gasteiger partial charge in [-0.25, -0.2) is 4.99 Å². The zero-order valence-electron chi connectivity index (χ0n) is 9.94. The Morgan fingerprint density at radius 3 is 2.58 bits per heavy atom. The van der Waals surface area contributed by atoms with E-state index in [9.17, 15) is 0 Å². The van der Waals surface area contributed by atoms with Gasteiger partial charge in [-0.05, 0) is 36.4 Å². The molecule has 2 aromatic rings. The number of hydrogen-bond acceptors (Lipinski definition) is 3. The van der Waals surface area contributed by atoms with Gasteiger partial charge in [-0.3, -0.25) is 0 Å². The van der Waals surface area contributed by atoms with Crippen molar-refractivity contribution in [1.82, 2.24) is 0 Å². The number of benzene rings is 2. The van der Waals surface area contributed by atoms with E-state index >= 15 is 0 Å².